The van der Waals surface area contributed by atoms with E-state index in [0.717, 1.165) is 18.0 Å². The van der Waals surface area contributed by atoms with Gasteiger partial charge in [0.25, 0.3) is 5.91 Å². The predicted octanol–water partition coefficient (Wildman–Crippen LogP) is 0.894. The van der Waals surface area contributed by atoms with Crippen molar-refractivity contribution in [1.29, 1.82) is 0 Å². The third-order valence-corrected chi connectivity index (χ3v) is 3.30. The molecule has 6 nitrogen and oxygen atoms in total. The molecule has 7 heteroatoms. The van der Waals surface area contributed by atoms with Gasteiger partial charge in [-0.3, -0.25) is 4.79 Å². The molecule has 0 aliphatic rings. The largest absolute Gasteiger partial charge is 0.397 e. The standard InChI is InChI=1S/C11H19N3O3S/c1-16-5-6-17-4-2-3-14-9-7-8(12)10(18-9)11(13)15/h7,14H,2-6,12H2,1H3,(H2,13,15). The number of carbonyl (C=O) groups is 1. The van der Waals surface area contributed by atoms with Crippen LogP contribution in [0, 0.1) is 0 Å². The van der Waals surface area contributed by atoms with E-state index in [4.69, 9.17) is 20.9 Å². The summed E-state index contributed by atoms with van der Waals surface area (Å²) in [6, 6.07) is 1.72. The monoisotopic (exact) mass is 273 g/mol. The minimum atomic E-state index is -0.492. The van der Waals surface area contributed by atoms with Crippen molar-refractivity contribution in [3.63, 3.8) is 0 Å². The van der Waals surface area contributed by atoms with E-state index in [1.165, 1.54) is 11.3 Å². The topological polar surface area (TPSA) is 99.6 Å². The Labute approximate surface area is 110 Å². The number of hydrogen-bond donors (Lipinski definition) is 3. The van der Waals surface area contributed by atoms with Crippen LogP contribution >= 0.6 is 11.3 Å². The van der Waals surface area contributed by atoms with Gasteiger partial charge in [0.2, 0.25) is 0 Å². The van der Waals surface area contributed by atoms with Crippen molar-refractivity contribution >= 4 is 27.9 Å². The van der Waals surface area contributed by atoms with Crippen LogP contribution in [0.15, 0.2) is 6.07 Å². The second-order valence-corrected chi connectivity index (χ2v) is 4.70. The summed E-state index contributed by atoms with van der Waals surface area (Å²) in [4.78, 5) is 11.4. The Morgan fingerprint density at radius 2 is 2.22 bits per heavy atom. The summed E-state index contributed by atoms with van der Waals surface area (Å²) in [7, 11) is 1.64. The minimum absolute atomic E-state index is 0.397. The van der Waals surface area contributed by atoms with Crippen LogP contribution in [0.2, 0.25) is 0 Å². The van der Waals surface area contributed by atoms with E-state index in [9.17, 15) is 4.79 Å². The fourth-order valence-electron chi connectivity index (χ4n) is 1.31. The highest BCUT2D eigenvalue weighted by molar-refractivity contribution is 7.18. The molecule has 102 valence electrons. The molecule has 0 saturated carbocycles. The maximum atomic E-state index is 11.0. The molecule has 0 atom stereocenters. The van der Waals surface area contributed by atoms with Crippen molar-refractivity contribution < 1.29 is 14.3 Å². The van der Waals surface area contributed by atoms with Gasteiger partial charge in [0.05, 0.1) is 23.9 Å². The molecule has 0 saturated heterocycles. The van der Waals surface area contributed by atoms with Crippen LogP contribution in [-0.2, 0) is 9.47 Å². The quantitative estimate of drug-likeness (QED) is 0.580. The molecule has 1 rings (SSSR count). The summed E-state index contributed by atoms with van der Waals surface area (Å²) in [5, 5.41) is 4.02. The van der Waals surface area contributed by atoms with Crippen LogP contribution in [0.25, 0.3) is 0 Å². The van der Waals surface area contributed by atoms with Gasteiger partial charge in [0, 0.05) is 20.3 Å². The molecule has 0 aliphatic heterocycles. The van der Waals surface area contributed by atoms with Gasteiger partial charge >= 0.3 is 0 Å². The van der Waals surface area contributed by atoms with E-state index in [1.807, 2.05) is 0 Å². The number of nitrogens with two attached hydrogens (primary N) is 2. The first-order valence-electron chi connectivity index (χ1n) is 5.64. The first-order valence-corrected chi connectivity index (χ1v) is 6.46. The summed E-state index contributed by atoms with van der Waals surface area (Å²) in [6.07, 6.45) is 0.868. The van der Waals surface area contributed by atoms with Crippen LogP contribution in [0.4, 0.5) is 10.7 Å². The van der Waals surface area contributed by atoms with E-state index in [-0.39, 0.29) is 0 Å². The number of nitrogens with one attached hydrogen (secondary N) is 1. The average Bonchev–Trinajstić information content (AvgIpc) is 2.69. The fourth-order valence-corrected chi connectivity index (χ4v) is 2.17. The van der Waals surface area contributed by atoms with Crippen molar-refractivity contribution in [2.45, 2.75) is 6.42 Å². The molecule has 0 aromatic carbocycles. The van der Waals surface area contributed by atoms with Crippen molar-refractivity contribution in [1.82, 2.24) is 0 Å². The normalized spacial score (nSPS) is 10.5. The third kappa shape index (κ3) is 4.91. The third-order valence-electron chi connectivity index (χ3n) is 2.18. The van der Waals surface area contributed by atoms with Crippen LogP contribution < -0.4 is 16.8 Å². The van der Waals surface area contributed by atoms with Crippen molar-refractivity contribution in [3.05, 3.63) is 10.9 Å². The second-order valence-electron chi connectivity index (χ2n) is 3.64. The first-order chi connectivity index (χ1) is 8.65. The molecule has 0 bridgehead atoms. The Morgan fingerprint density at radius 1 is 1.44 bits per heavy atom. The summed E-state index contributed by atoms with van der Waals surface area (Å²) in [5.74, 6) is -0.492. The smallest absolute Gasteiger partial charge is 0.260 e. The Hall–Kier alpha value is -1.31. The molecule has 1 heterocycles. The lowest BCUT2D eigenvalue weighted by atomic mass is 10.4. The van der Waals surface area contributed by atoms with Gasteiger partial charge in [-0.1, -0.05) is 0 Å². The molecule has 18 heavy (non-hydrogen) atoms. The predicted molar refractivity (Wildman–Crippen MR) is 73.1 cm³/mol. The van der Waals surface area contributed by atoms with E-state index in [2.05, 4.69) is 5.32 Å². The number of thiophene rings is 1. The maximum absolute atomic E-state index is 11.0. The van der Waals surface area contributed by atoms with E-state index in [0.29, 0.717) is 30.4 Å². The number of anilines is 2. The summed E-state index contributed by atoms with van der Waals surface area (Å²) < 4.78 is 10.2. The molecule has 1 aromatic heterocycles. The molecular formula is C11H19N3O3S. The maximum Gasteiger partial charge on any atom is 0.260 e. The number of methoxy groups -OCH3 is 1. The molecular weight excluding hydrogens is 254 g/mol. The van der Waals surface area contributed by atoms with Gasteiger partial charge in [0.15, 0.2) is 0 Å². The van der Waals surface area contributed by atoms with Gasteiger partial charge in [-0.2, -0.15) is 0 Å². The lowest BCUT2D eigenvalue weighted by Crippen LogP contribution is -2.10. The van der Waals surface area contributed by atoms with Gasteiger partial charge in [0.1, 0.15) is 4.88 Å². The lowest BCUT2D eigenvalue weighted by Gasteiger charge is -2.04. The van der Waals surface area contributed by atoms with Crippen LogP contribution in [0.1, 0.15) is 16.1 Å². The molecule has 1 amide bonds. The van der Waals surface area contributed by atoms with Crippen LogP contribution in [0.5, 0.6) is 0 Å². The van der Waals surface area contributed by atoms with Crippen molar-refractivity contribution in [3.8, 4) is 0 Å². The average molecular weight is 273 g/mol. The Bertz CT molecular complexity index is 382. The van der Waals surface area contributed by atoms with E-state index in [1.54, 1.807) is 13.2 Å². The SMILES string of the molecule is COCCOCCCNc1cc(N)c(C(N)=O)s1. The van der Waals surface area contributed by atoms with Gasteiger partial charge in [-0.15, -0.1) is 11.3 Å². The molecule has 0 fully saturated rings. The van der Waals surface area contributed by atoms with Gasteiger partial charge < -0.3 is 26.3 Å². The highest BCUT2D eigenvalue weighted by Gasteiger charge is 2.10. The zero-order chi connectivity index (χ0) is 13.4. The number of carbonyl (C=O) groups excluding carboxylic acids is 1. The van der Waals surface area contributed by atoms with Crippen LogP contribution in [0.3, 0.4) is 0 Å². The molecule has 0 spiro atoms. The molecule has 0 radical (unpaired) electrons. The van der Waals surface area contributed by atoms with Crippen LogP contribution in [-0.4, -0.2) is 39.4 Å². The summed E-state index contributed by atoms with van der Waals surface area (Å²) in [6.45, 7) is 2.64. The number of amides is 1. The molecule has 1 aromatic rings. The van der Waals surface area contributed by atoms with Crippen molar-refractivity contribution in [2.75, 3.05) is 44.5 Å². The number of nitrogen functional groups attached to an aromatic ring is 1. The van der Waals surface area contributed by atoms with Gasteiger partial charge in [-0.05, 0) is 12.5 Å². The number of hydrogen-bond acceptors (Lipinski definition) is 6. The number of primary amides is 1. The summed E-state index contributed by atoms with van der Waals surface area (Å²) in [5.41, 5.74) is 11.3. The molecule has 0 aliphatic carbocycles. The first kappa shape index (κ1) is 14.7. The Morgan fingerprint density at radius 3 is 2.83 bits per heavy atom. The fraction of sp³-hybridized carbons (Fsp3) is 0.545. The summed E-state index contributed by atoms with van der Waals surface area (Å²) >= 11 is 1.27. The number of ether oxygens (including phenoxy) is 2. The highest BCUT2D eigenvalue weighted by atomic mass is 32.1. The van der Waals surface area contributed by atoms with E-state index >= 15 is 0 Å². The lowest BCUT2D eigenvalue weighted by molar-refractivity contribution is 0.0705. The Kier molecular flexibility index (Phi) is 6.48. The van der Waals surface area contributed by atoms with Crippen molar-refractivity contribution in [2.24, 2.45) is 5.73 Å². The van der Waals surface area contributed by atoms with Gasteiger partial charge in [-0.25, -0.2) is 0 Å². The zero-order valence-corrected chi connectivity index (χ0v) is 11.2. The molecule has 0 unspecified atom stereocenters. The zero-order valence-electron chi connectivity index (χ0n) is 10.4. The minimum Gasteiger partial charge on any atom is -0.397 e. The Balaban J connectivity index is 2.19. The highest BCUT2D eigenvalue weighted by Crippen LogP contribution is 2.28. The van der Waals surface area contributed by atoms with E-state index < -0.39 is 5.91 Å². The number of rotatable bonds is 9. The second kappa shape index (κ2) is 7.91. The molecule has 5 N–H and O–H groups in total.